The SMILES string of the molecule is COc1cc(Nc2nc(Cl)cc(CC(C)c3ccc(Cl)cc3)n2)ccc1-c1nc(C)c[nH]1. The van der Waals surface area contributed by atoms with Crippen molar-refractivity contribution in [2.75, 3.05) is 12.4 Å². The van der Waals surface area contributed by atoms with E-state index in [1.807, 2.05) is 55.6 Å². The maximum Gasteiger partial charge on any atom is 0.228 e. The number of aromatic amines is 1. The van der Waals surface area contributed by atoms with Gasteiger partial charge < -0.3 is 15.0 Å². The van der Waals surface area contributed by atoms with Crippen molar-refractivity contribution in [3.63, 3.8) is 0 Å². The molecule has 2 heterocycles. The number of hydrogen-bond acceptors (Lipinski definition) is 5. The van der Waals surface area contributed by atoms with E-state index >= 15 is 0 Å². The molecule has 0 aliphatic heterocycles. The number of H-pyrrole nitrogens is 1. The van der Waals surface area contributed by atoms with Crippen molar-refractivity contribution in [1.82, 2.24) is 19.9 Å². The number of nitrogens with one attached hydrogen (secondary N) is 2. The van der Waals surface area contributed by atoms with Crippen molar-refractivity contribution in [3.05, 3.63) is 81.9 Å². The molecule has 0 aliphatic rings. The molecule has 2 aromatic carbocycles. The number of imidazole rings is 1. The van der Waals surface area contributed by atoms with Crippen LogP contribution in [0.3, 0.4) is 0 Å². The van der Waals surface area contributed by atoms with E-state index < -0.39 is 0 Å². The molecule has 2 N–H and O–H groups in total. The van der Waals surface area contributed by atoms with Gasteiger partial charge in [0.05, 0.1) is 18.4 Å². The highest BCUT2D eigenvalue weighted by Gasteiger charge is 2.13. The summed E-state index contributed by atoms with van der Waals surface area (Å²) in [5.41, 5.74) is 4.61. The van der Waals surface area contributed by atoms with E-state index in [4.69, 9.17) is 27.9 Å². The van der Waals surface area contributed by atoms with E-state index in [0.29, 0.717) is 16.9 Å². The first kappa shape index (κ1) is 22.1. The highest BCUT2D eigenvalue weighted by atomic mass is 35.5. The monoisotopic (exact) mass is 467 g/mol. The number of halogens is 2. The third kappa shape index (κ3) is 5.21. The first-order chi connectivity index (χ1) is 15.4. The molecule has 2 aromatic heterocycles. The van der Waals surface area contributed by atoms with Gasteiger partial charge in [0, 0.05) is 28.7 Å². The molecular weight excluding hydrogens is 445 g/mol. The Morgan fingerprint density at radius 3 is 2.50 bits per heavy atom. The third-order valence-corrected chi connectivity index (χ3v) is 5.57. The Bertz CT molecular complexity index is 1220. The molecule has 4 rings (SSSR count). The molecule has 0 saturated carbocycles. The second kappa shape index (κ2) is 9.59. The van der Waals surface area contributed by atoms with Crippen LogP contribution in [0.15, 0.2) is 54.7 Å². The summed E-state index contributed by atoms with van der Waals surface area (Å²) in [5.74, 6) is 2.12. The second-order valence-corrected chi connectivity index (χ2v) is 8.42. The summed E-state index contributed by atoms with van der Waals surface area (Å²) in [4.78, 5) is 16.6. The molecule has 0 bridgehead atoms. The number of anilines is 2. The van der Waals surface area contributed by atoms with Gasteiger partial charge in [-0.05, 0) is 55.2 Å². The number of aromatic nitrogens is 4. The van der Waals surface area contributed by atoms with Crippen LogP contribution in [-0.2, 0) is 6.42 Å². The number of methoxy groups -OCH3 is 1. The molecule has 164 valence electrons. The van der Waals surface area contributed by atoms with Gasteiger partial charge in [0.2, 0.25) is 5.95 Å². The fourth-order valence-corrected chi connectivity index (χ4v) is 3.82. The first-order valence-electron chi connectivity index (χ1n) is 10.2. The van der Waals surface area contributed by atoms with E-state index in [1.165, 1.54) is 5.56 Å². The molecule has 4 aromatic rings. The van der Waals surface area contributed by atoms with Crippen molar-refractivity contribution in [3.8, 4) is 17.1 Å². The van der Waals surface area contributed by atoms with Crippen LogP contribution in [0.25, 0.3) is 11.4 Å². The topological polar surface area (TPSA) is 75.7 Å². The standard InChI is InChI=1S/C24H23Cl2N5O/c1-14(16-4-6-17(25)7-5-16)10-19-12-22(26)31-24(30-19)29-18-8-9-20(21(11-18)32-3)23-27-13-15(2)28-23/h4-9,11-14H,10H2,1-3H3,(H,27,28)(H,29,30,31). The molecule has 1 unspecified atom stereocenters. The summed E-state index contributed by atoms with van der Waals surface area (Å²) < 4.78 is 5.57. The minimum Gasteiger partial charge on any atom is -0.496 e. The average Bonchev–Trinajstić information content (AvgIpc) is 3.19. The number of rotatable bonds is 7. The highest BCUT2D eigenvalue weighted by Crippen LogP contribution is 2.32. The lowest BCUT2D eigenvalue weighted by atomic mass is 9.96. The summed E-state index contributed by atoms with van der Waals surface area (Å²) in [7, 11) is 1.63. The largest absolute Gasteiger partial charge is 0.496 e. The Morgan fingerprint density at radius 1 is 1.03 bits per heavy atom. The maximum absolute atomic E-state index is 6.29. The normalized spacial score (nSPS) is 11.9. The van der Waals surface area contributed by atoms with Gasteiger partial charge in [-0.15, -0.1) is 0 Å². The maximum atomic E-state index is 6.29. The molecular formula is C24H23Cl2N5O. The lowest BCUT2D eigenvalue weighted by molar-refractivity contribution is 0.416. The number of nitrogens with zero attached hydrogens (tertiary/aromatic N) is 3. The lowest BCUT2D eigenvalue weighted by Gasteiger charge is -2.14. The van der Waals surface area contributed by atoms with E-state index in [0.717, 1.165) is 39.9 Å². The Kier molecular flexibility index (Phi) is 6.63. The Hall–Kier alpha value is -3.09. The minimum atomic E-state index is 0.252. The summed E-state index contributed by atoms with van der Waals surface area (Å²) in [6, 6.07) is 15.4. The van der Waals surface area contributed by atoms with Gasteiger partial charge in [-0.25, -0.2) is 15.0 Å². The van der Waals surface area contributed by atoms with Crippen molar-refractivity contribution in [2.24, 2.45) is 0 Å². The van der Waals surface area contributed by atoms with Crippen LogP contribution < -0.4 is 10.1 Å². The fraction of sp³-hybridized carbons (Fsp3) is 0.208. The third-order valence-electron chi connectivity index (χ3n) is 5.12. The zero-order chi connectivity index (χ0) is 22.7. The minimum absolute atomic E-state index is 0.252. The van der Waals surface area contributed by atoms with Crippen molar-refractivity contribution in [1.29, 1.82) is 0 Å². The Labute approximate surface area is 197 Å². The summed E-state index contributed by atoms with van der Waals surface area (Å²) in [6.07, 6.45) is 2.58. The molecule has 32 heavy (non-hydrogen) atoms. The molecule has 0 amide bonds. The first-order valence-corrected chi connectivity index (χ1v) is 10.9. The molecule has 1 atom stereocenters. The Morgan fingerprint density at radius 2 is 1.81 bits per heavy atom. The van der Waals surface area contributed by atoms with Crippen LogP contribution in [0.1, 0.15) is 29.8 Å². The van der Waals surface area contributed by atoms with Crippen LogP contribution in [0, 0.1) is 6.92 Å². The molecule has 6 nitrogen and oxygen atoms in total. The highest BCUT2D eigenvalue weighted by molar-refractivity contribution is 6.30. The number of aryl methyl sites for hydroxylation is 1. The number of benzene rings is 2. The predicted molar refractivity (Wildman–Crippen MR) is 129 cm³/mol. The van der Waals surface area contributed by atoms with E-state index in [9.17, 15) is 0 Å². The fourth-order valence-electron chi connectivity index (χ4n) is 3.49. The van der Waals surface area contributed by atoms with Gasteiger partial charge in [0.1, 0.15) is 16.7 Å². The number of ether oxygens (including phenoxy) is 1. The smallest absolute Gasteiger partial charge is 0.228 e. The van der Waals surface area contributed by atoms with Gasteiger partial charge in [0.15, 0.2) is 0 Å². The van der Waals surface area contributed by atoms with Crippen LogP contribution in [-0.4, -0.2) is 27.0 Å². The van der Waals surface area contributed by atoms with Gasteiger partial charge in [-0.1, -0.05) is 42.3 Å². The van der Waals surface area contributed by atoms with Gasteiger partial charge >= 0.3 is 0 Å². The summed E-state index contributed by atoms with van der Waals surface area (Å²) in [5, 5.41) is 4.34. The lowest BCUT2D eigenvalue weighted by Crippen LogP contribution is -2.05. The predicted octanol–water partition coefficient (Wildman–Crippen LogP) is 6.58. The van der Waals surface area contributed by atoms with Crippen LogP contribution in [0.2, 0.25) is 10.2 Å². The van der Waals surface area contributed by atoms with Crippen molar-refractivity contribution in [2.45, 2.75) is 26.2 Å². The van der Waals surface area contributed by atoms with Crippen molar-refractivity contribution >= 4 is 34.8 Å². The van der Waals surface area contributed by atoms with Crippen LogP contribution >= 0.6 is 23.2 Å². The molecule has 0 spiro atoms. The zero-order valence-electron chi connectivity index (χ0n) is 18.0. The summed E-state index contributed by atoms with van der Waals surface area (Å²) in [6.45, 7) is 4.08. The van der Waals surface area contributed by atoms with E-state index in [-0.39, 0.29) is 5.92 Å². The molecule has 0 fully saturated rings. The zero-order valence-corrected chi connectivity index (χ0v) is 19.5. The van der Waals surface area contributed by atoms with Gasteiger partial charge in [-0.2, -0.15) is 0 Å². The van der Waals surface area contributed by atoms with E-state index in [2.05, 4.69) is 32.2 Å². The molecule has 0 radical (unpaired) electrons. The van der Waals surface area contributed by atoms with Crippen LogP contribution in [0.4, 0.5) is 11.6 Å². The molecule has 0 saturated heterocycles. The number of hydrogen-bond donors (Lipinski definition) is 2. The van der Waals surface area contributed by atoms with Gasteiger partial charge in [0.25, 0.3) is 0 Å². The van der Waals surface area contributed by atoms with Crippen molar-refractivity contribution < 1.29 is 4.74 Å². The van der Waals surface area contributed by atoms with Crippen LogP contribution in [0.5, 0.6) is 5.75 Å². The van der Waals surface area contributed by atoms with E-state index in [1.54, 1.807) is 13.2 Å². The molecule has 8 heteroatoms. The molecule has 0 aliphatic carbocycles. The average molecular weight is 468 g/mol. The van der Waals surface area contributed by atoms with Gasteiger partial charge in [-0.3, -0.25) is 0 Å². The summed E-state index contributed by atoms with van der Waals surface area (Å²) >= 11 is 12.3. The second-order valence-electron chi connectivity index (χ2n) is 7.59. The quantitative estimate of drug-likeness (QED) is 0.300. The Balaban J connectivity index is 1.54.